The third-order valence-corrected chi connectivity index (χ3v) is 3.65. The first-order valence-electron chi connectivity index (χ1n) is 7.25. The van der Waals surface area contributed by atoms with Gasteiger partial charge < -0.3 is 14.5 Å². The van der Waals surface area contributed by atoms with E-state index in [1.165, 1.54) is 13.4 Å². The number of hydrogen-bond donors (Lipinski definition) is 1. The van der Waals surface area contributed by atoms with Gasteiger partial charge in [-0.3, -0.25) is 9.59 Å². The fourth-order valence-corrected chi connectivity index (χ4v) is 2.27. The van der Waals surface area contributed by atoms with Gasteiger partial charge in [-0.25, -0.2) is 0 Å². The molecule has 124 valence electrons. The molecule has 0 unspecified atom stereocenters. The minimum atomic E-state index is -0.545. The second kappa shape index (κ2) is 7.12. The number of anilines is 1. The molecule has 0 saturated heterocycles. The summed E-state index contributed by atoms with van der Waals surface area (Å²) < 4.78 is 10.5. The van der Waals surface area contributed by atoms with Crippen molar-refractivity contribution >= 4 is 34.2 Å². The van der Waals surface area contributed by atoms with E-state index >= 15 is 0 Å². The van der Waals surface area contributed by atoms with Crippen LogP contribution in [0.5, 0.6) is 5.75 Å². The fourth-order valence-electron chi connectivity index (χ4n) is 2.14. The fraction of sp³-hybridized carbons (Fsp3) is 0.0526. The summed E-state index contributed by atoms with van der Waals surface area (Å²) >= 11 is 5.78. The maximum Gasteiger partial charge on any atom is 0.300 e. The number of halogens is 1. The Morgan fingerprint density at radius 2 is 1.96 bits per heavy atom. The third-order valence-electron chi connectivity index (χ3n) is 3.39. The van der Waals surface area contributed by atoms with Gasteiger partial charge in [0.15, 0.2) is 0 Å². The Hall–Kier alpha value is -3.23. The maximum atomic E-state index is 12.4. The Morgan fingerprint density at radius 3 is 2.68 bits per heavy atom. The minimum Gasteiger partial charge on any atom is -0.497 e. The predicted octanol–water partition coefficient (Wildman–Crippen LogP) is 3.45. The lowest BCUT2D eigenvalue weighted by Crippen LogP contribution is -2.10. The van der Waals surface area contributed by atoms with E-state index in [9.17, 15) is 9.59 Å². The Kier molecular flexibility index (Phi) is 4.73. The first-order valence-corrected chi connectivity index (χ1v) is 7.63. The number of rotatable bonds is 2. The van der Waals surface area contributed by atoms with Gasteiger partial charge in [0.25, 0.3) is 0 Å². The van der Waals surface area contributed by atoms with Crippen LogP contribution in [0.4, 0.5) is 5.69 Å². The molecule has 2 aromatic carbocycles. The number of ether oxygens (including phenoxy) is 1. The lowest BCUT2D eigenvalue weighted by molar-refractivity contribution is -0.111. The molecule has 6 heteroatoms. The van der Waals surface area contributed by atoms with Gasteiger partial charge in [-0.1, -0.05) is 11.6 Å². The van der Waals surface area contributed by atoms with E-state index in [1.807, 2.05) is 0 Å². The predicted molar refractivity (Wildman–Crippen MR) is 96.0 cm³/mol. The van der Waals surface area contributed by atoms with Gasteiger partial charge in [-0.05, 0) is 42.3 Å². The zero-order valence-corrected chi connectivity index (χ0v) is 13.9. The number of carbonyl (C=O) groups excluding carboxylic acids is 1. The first kappa shape index (κ1) is 16.6. The monoisotopic (exact) mass is 353 g/mol. The number of fused-ring (bicyclic) bond motifs is 1. The van der Waals surface area contributed by atoms with E-state index < -0.39 is 5.91 Å². The van der Waals surface area contributed by atoms with Gasteiger partial charge in [-0.15, -0.1) is 0 Å². The van der Waals surface area contributed by atoms with E-state index in [-0.39, 0.29) is 11.0 Å². The van der Waals surface area contributed by atoms with Crippen molar-refractivity contribution < 1.29 is 13.9 Å². The second-order valence-electron chi connectivity index (χ2n) is 5.05. The van der Waals surface area contributed by atoms with Gasteiger partial charge in [0, 0.05) is 22.7 Å². The van der Waals surface area contributed by atoms with E-state index in [2.05, 4.69) is 17.2 Å². The lowest BCUT2D eigenvalue weighted by Gasteiger charge is -2.01. The van der Waals surface area contributed by atoms with E-state index in [4.69, 9.17) is 20.8 Å². The average Bonchev–Trinajstić information content (AvgIpc) is 2.63. The highest BCUT2D eigenvalue weighted by Crippen LogP contribution is 2.18. The average molecular weight is 354 g/mol. The van der Waals surface area contributed by atoms with Crippen LogP contribution in [0, 0.1) is 11.8 Å². The smallest absolute Gasteiger partial charge is 0.300 e. The number of hydrogen-bond acceptors (Lipinski definition) is 4. The van der Waals surface area contributed by atoms with Crippen LogP contribution in [-0.2, 0) is 4.79 Å². The van der Waals surface area contributed by atoms with Gasteiger partial charge in [0.2, 0.25) is 5.43 Å². The summed E-state index contributed by atoms with van der Waals surface area (Å²) in [6.45, 7) is 0. The van der Waals surface area contributed by atoms with Crippen molar-refractivity contribution in [3.05, 3.63) is 69.5 Å². The second-order valence-corrected chi connectivity index (χ2v) is 5.49. The van der Waals surface area contributed by atoms with Crippen molar-refractivity contribution in [1.29, 1.82) is 0 Å². The third kappa shape index (κ3) is 3.82. The quantitative estimate of drug-likeness (QED) is 0.716. The molecule has 5 nitrogen and oxygen atoms in total. The van der Waals surface area contributed by atoms with E-state index in [0.29, 0.717) is 27.4 Å². The summed E-state index contributed by atoms with van der Waals surface area (Å²) in [5, 5.41) is 3.52. The Morgan fingerprint density at radius 1 is 1.20 bits per heavy atom. The van der Waals surface area contributed by atoms with Crippen molar-refractivity contribution in [2.75, 3.05) is 12.4 Å². The van der Waals surface area contributed by atoms with Crippen LogP contribution in [0.25, 0.3) is 11.0 Å². The molecule has 0 bridgehead atoms. The summed E-state index contributed by atoms with van der Waals surface area (Å²) in [6, 6.07) is 11.5. The van der Waals surface area contributed by atoms with Crippen LogP contribution in [0.1, 0.15) is 5.56 Å². The molecule has 0 aliphatic heterocycles. The molecular weight excluding hydrogens is 342 g/mol. The zero-order chi connectivity index (χ0) is 17.8. The highest BCUT2D eigenvalue weighted by molar-refractivity contribution is 6.30. The van der Waals surface area contributed by atoms with Crippen molar-refractivity contribution in [3.8, 4) is 17.6 Å². The van der Waals surface area contributed by atoms with Crippen LogP contribution < -0.4 is 15.5 Å². The summed E-state index contributed by atoms with van der Waals surface area (Å²) in [7, 11) is 1.53. The molecule has 0 radical (unpaired) electrons. The van der Waals surface area contributed by atoms with E-state index in [0.717, 1.165) is 0 Å². The van der Waals surface area contributed by atoms with Crippen LogP contribution in [0.3, 0.4) is 0 Å². The first-order chi connectivity index (χ1) is 12.1. The maximum absolute atomic E-state index is 12.4. The number of amides is 1. The summed E-state index contributed by atoms with van der Waals surface area (Å²) in [5.74, 6) is 4.95. The number of carbonyl (C=O) groups is 1. The molecule has 0 fully saturated rings. The molecule has 0 aliphatic carbocycles. The molecular formula is C19H12ClNO4. The van der Waals surface area contributed by atoms with Crippen LogP contribution >= 0.6 is 11.6 Å². The van der Waals surface area contributed by atoms with Gasteiger partial charge in [0.05, 0.1) is 12.5 Å². The van der Waals surface area contributed by atoms with E-state index in [1.54, 1.807) is 42.5 Å². The normalized spacial score (nSPS) is 10.0. The van der Waals surface area contributed by atoms with Crippen molar-refractivity contribution in [2.45, 2.75) is 0 Å². The molecule has 1 N–H and O–H groups in total. The molecule has 3 rings (SSSR count). The molecule has 0 spiro atoms. The zero-order valence-electron chi connectivity index (χ0n) is 13.1. The SMILES string of the molecule is COc1ccc2c(=O)c(C#CC(=O)Nc3ccc(Cl)cc3)coc2c1. The Labute approximate surface area is 148 Å². The Balaban J connectivity index is 1.84. The minimum absolute atomic E-state index is 0.101. The Bertz CT molecular complexity index is 1060. The van der Waals surface area contributed by atoms with Crippen LogP contribution in [0.15, 0.2) is 57.9 Å². The number of benzene rings is 2. The highest BCUT2D eigenvalue weighted by Gasteiger charge is 2.07. The summed E-state index contributed by atoms with van der Waals surface area (Å²) in [6.07, 6.45) is 1.23. The summed E-state index contributed by atoms with van der Waals surface area (Å²) in [5.41, 5.74) is 0.737. The molecule has 25 heavy (non-hydrogen) atoms. The van der Waals surface area contributed by atoms with Crippen LogP contribution in [0.2, 0.25) is 5.02 Å². The molecule has 1 aromatic heterocycles. The molecule has 1 heterocycles. The number of methoxy groups -OCH3 is 1. The van der Waals surface area contributed by atoms with Gasteiger partial charge in [0.1, 0.15) is 23.2 Å². The van der Waals surface area contributed by atoms with Crippen molar-refractivity contribution in [3.63, 3.8) is 0 Å². The van der Waals surface area contributed by atoms with Crippen molar-refractivity contribution in [2.24, 2.45) is 0 Å². The lowest BCUT2D eigenvalue weighted by atomic mass is 10.1. The molecule has 0 saturated carbocycles. The van der Waals surface area contributed by atoms with Gasteiger partial charge >= 0.3 is 5.91 Å². The number of nitrogens with one attached hydrogen (secondary N) is 1. The molecule has 0 atom stereocenters. The molecule has 0 aliphatic rings. The molecule has 3 aromatic rings. The topological polar surface area (TPSA) is 68.5 Å². The highest BCUT2D eigenvalue weighted by atomic mass is 35.5. The van der Waals surface area contributed by atoms with Crippen molar-refractivity contribution in [1.82, 2.24) is 0 Å². The van der Waals surface area contributed by atoms with Crippen LogP contribution in [-0.4, -0.2) is 13.0 Å². The largest absolute Gasteiger partial charge is 0.497 e. The summed E-state index contributed by atoms with van der Waals surface area (Å²) in [4.78, 5) is 24.2. The molecule has 1 amide bonds. The standard InChI is InChI=1S/C19H12ClNO4/c1-24-15-7-8-16-17(10-15)25-11-12(19(16)23)2-9-18(22)21-14-5-3-13(20)4-6-14/h3-8,10-11H,1H3,(H,21,22). The van der Waals surface area contributed by atoms with Gasteiger partial charge in [-0.2, -0.15) is 0 Å².